The van der Waals surface area contributed by atoms with E-state index in [9.17, 15) is 8.42 Å². The molecule has 2 heterocycles. The third-order valence-electron chi connectivity index (χ3n) is 3.85. The van der Waals surface area contributed by atoms with Crippen LogP contribution >= 0.6 is 0 Å². The van der Waals surface area contributed by atoms with E-state index in [0.717, 1.165) is 11.3 Å². The summed E-state index contributed by atoms with van der Waals surface area (Å²) in [6, 6.07) is 11.1. The second-order valence-corrected chi connectivity index (χ2v) is 7.08. The molecule has 1 aliphatic heterocycles. The van der Waals surface area contributed by atoms with E-state index < -0.39 is 10.0 Å². The molecule has 0 fully saturated rings. The Hall–Kier alpha value is -1.79. The van der Waals surface area contributed by atoms with Crippen molar-refractivity contribution in [2.75, 3.05) is 19.9 Å². The highest BCUT2D eigenvalue weighted by Crippen LogP contribution is 2.38. The molecule has 112 valence electrons. The number of hydrogen-bond acceptors (Lipinski definition) is 3. The van der Waals surface area contributed by atoms with Crippen LogP contribution in [0.2, 0.25) is 0 Å². The summed E-state index contributed by atoms with van der Waals surface area (Å²) >= 11 is 0. The van der Waals surface area contributed by atoms with Crippen molar-refractivity contribution in [2.24, 2.45) is 0 Å². The number of methoxy groups -OCH3 is 1. The normalized spacial score (nSPS) is 19.2. The number of aromatic nitrogens is 1. The molecule has 0 unspecified atom stereocenters. The summed E-state index contributed by atoms with van der Waals surface area (Å²) in [5, 5.41) is 0. The second-order valence-electron chi connectivity index (χ2n) is 5.14. The molecule has 0 amide bonds. The van der Waals surface area contributed by atoms with E-state index >= 15 is 0 Å². The van der Waals surface area contributed by atoms with E-state index in [2.05, 4.69) is 4.57 Å². The van der Waals surface area contributed by atoms with Gasteiger partial charge in [-0.1, -0.05) is 18.2 Å². The molecule has 0 aliphatic carbocycles. The van der Waals surface area contributed by atoms with Gasteiger partial charge in [0.1, 0.15) is 5.75 Å². The predicted octanol–water partition coefficient (Wildman–Crippen LogP) is 1.86. The first-order chi connectivity index (χ1) is 10.0. The Labute approximate surface area is 124 Å². The van der Waals surface area contributed by atoms with Crippen molar-refractivity contribution in [3.05, 3.63) is 53.9 Å². The van der Waals surface area contributed by atoms with Crippen molar-refractivity contribution in [1.82, 2.24) is 8.87 Å². The van der Waals surface area contributed by atoms with Crippen molar-refractivity contribution < 1.29 is 13.2 Å². The van der Waals surface area contributed by atoms with Crippen LogP contribution in [0.25, 0.3) is 0 Å². The van der Waals surface area contributed by atoms with E-state index in [1.165, 1.54) is 6.26 Å². The lowest BCUT2D eigenvalue weighted by atomic mass is 10.0. The summed E-state index contributed by atoms with van der Waals surface area (Å²) in [5.41, 5.74) is 1.83. The Balaban J connectivity index is 2.20. The Bertz CT molecular complexity index is 752. The van der Waals surface area contributed by atoms with E-state index in [1.807, 2.05) is 42.6 Å². The quantitative estimate of drug-likeness (QED) is 0.870. The average Bonchev–Trinajstić information content (AvgIpc) is 2.93. The Kier molecular flexibility index (Phi) is 3.51. The average molecular weight is 306 g/mol. The second kappa shape index (κ2) is 5.20. The van der Waals surface area contributed by atoms with Gasteiger partial charge < -0.3 is 9.30 Å². The van der Waals surface area contributed by atoms with E-state index in [-0.39, 0.29) is 6.04 Å². The van der Waals surface area contributed by atoms with Crippen LogP contribution in [-0.2, 0) is 16.6 Å². The monoisotopic (exact) mass is 306 g/mol. The Morgan fingerprint density at radius 2 is 1.90 bits per heavy atom. The molecule has 2 aromatic rings. The number of para-hydroxylation sites is 1. The molecule has 5 nitrogen and oxygen atoms in total. The lowest BCUT2D eigenvalue weighted by Gasteiger charge is -2.36. The molecule has 0 radical (unpaired) electrons. The van der Waals surface area contributed by atoms with Crippen LogP contribution in [0.3, 0.4) is 0 Å². The standard InChI is InChI=1S/C15H18N2O3S/c1-20-14-8-4-3-6-12(14)15-13-7-5-9-16(13)10-11-17(15)21(2,18)19/h3-9,15H,10-11H2,1-2H3/t15-/m0/s1. The molecule has 21 heavy (non-hydrogen) atoms. The van der Waals surface area contributed by atoms with Gasteiger partial charge in [-0.3, -0.25) is 0 Å². The third kappa shape index (κ3) is 2.45. The summed E-state index contributed by atoms with van der Waals surface area (Å²) in [4.78, 5) is 0. The summed E-state index contributed by atoms with van der Waals surface area (Å²) in [7, 11) is -1.70. The van der Waals surface area contributed by atoms with Gasteiger partial charge in [-0.25, -0.2) is 8.42 Å². The van der Waals surface area contributed by atoms with Crippen molar-refractivity contribution in [2.45, 2.75) is 12.6 Å². The predicted molar refractivity (Wildman–Crippen MR) is 80.8 cm³/mol. The summed E-state index contributed by atoms with van der Waals surface area (Å²) in [5.74, 6) is 0.700. The molecule has 0 bridgehead atoms. The largest absolute Gasteiger partial charge is 0.496 e. The smallest absolute Gasteiger partial charge is 0.212 e. The minimum absolute atomic E-state index is 0.347. The zero-order valence-corrected chi connectivity index (χ0v) is 12.9. The van der Waals surface area contributed by atoms with Crippen molar-refractivity contribution in [3.63, 3.8) is 0 Å². The highest BCUT2D eigenvalue weighted by molar-refractivity contribution is 7.88. The van der Waals surface area contributed by atoms with Gasteiger partial charge in [0, 0.05) is 30.5 Å². The van der Waals surface area contributed by atoms with Crippen molar-refractivity contribution in [1.29, 1.82) is 0 Å². The number of nitrogens with zero attached hydrogens (tertiary/aromatic N) is 2. The van der Waals surface area contributed by atoms with Gasteiger partial charge in [-0.05, 0) is 18.2 Å². The maximum atomic E-state index is 12.2. The fourth-order valence-corrected chi connectivity index (χ4v) is 3.94. The van der Waals surface area contributed by atoms with Crippen molar-refractivity contribution >= 4 is 10.0 Å². The lowest BCUT2D eigenvalue weighted by molar-refractivity contribution is 0.292. The number of fused-ring (bicyclic) bond motifs is 1. The van der Waals surface area contributed by atoms with E-state index in [4.69, 9.17) is 4.74 Å². The summed E-state index contributed by atoms with van der Waals surface area (Å²) in [6.07, 6.45) is 3.24. The highest BCUT2D eigenvalue weighted by Gasteiger charge is 2.35. The maximum absolute atomic E-state index is 12.2. The number of hydrogen-bond donors (Lipinski definition) is 0. The molecule has 0 spiro atoms. The minimum Gasteiger partial charge on any atom is -0.496 e. The number of benzene rings is 1. The maximum Gasteiger partial charge on any atom is 0.212 e. The van der Waals surface area contributed by atoms with Crippen LogP contribution in [0.5, 0.6) is 5.75 Å². The first-order valence-corrected chi connectivity index (χ1v) is 8.62. The molecule has 0 saturated heterocycles. The van der Waals surface area contributed by atoms with Crippen LogP contribution in [0.1, 0.15) is 17.3 Å². The van der Waals surface area contributed by atoms with Gasteiger partial charge in [-0.2, -0.15) is 4.31 Å². The Morgan fingerprint density at radius 3 is 2.62 bits per heavy atom. The third-order valence-corrected chi connectivity index (χ3v) is 5.10. The summed E-state index contributed by atoms with van der Waals surface area (Å²) in [6.45, 7) is 1.13. The topological polar surface area (TPSA) is 51.5 Å². The van der Waals surface area contributed by atoms with Gasteiger partial charge in [-0.15, -0.1) is 0 Å². The summed E-state index contributed by atoms with van der Waals surface area (Å²) < 4.78 is 33.4. The molecule has 0 saturated carbocycles. The highest BCUT2D eigenvalue weighted by atomic mass is 32.2. The molecule has 1 aliphatic rings. The fraction of sp³-hybridized carbons (Fsp3) is 0.333. The van der Waals surface area contributed by atoms with Gasteiger partial charge in [0.05, 0.1) is 19.4 Å². The lowest BCUT2D eigenvalue weighted by Crippen LogP contribution is -2.41. The molecule has 6 heteroatoms. The van der Waals surface area contributed by atoms with Gasteiger partial charge in [0.25, 0.3) is 0 Å². The molecule has 1 aromatic carbocycles. The van der Waals surface area contributed by atoms with Crippen LogP contribution in [-0.4, -0.2) is 37.2 Å². The molecule has 0 N–H and O–H groups in total. The van der Waals surface area contributed by atoms with E-state index in [0.29, 0.717) is 18.8 Å². The molecule has 3 rings (SSSR count). The van der Waals surface area contributed by atoms with Gasteiger partial charge in [0.2, 0.25) is 10.0 Å². The van der Waals surface area contributed by atoms with Crippen LogP contribution in [0.15, 0.2) is 42.6 Å². The van der Waals surface area contributed by atoms with Crippen LogP contribution < -0.4 is 4.74 Å². The molecular formula is C15H18N2O3S. The SMILES string of the molecule is COc1ccccc1[C@H]1c2cccn2CCN1S(C)(=O)=O. The molecule has 1 aromatic heterocycles. The van der Waals surface area contributed by atoms with E-state index in [1.54, 1.807) is 11.4 Å². The Morgan fingerprint density at radius 1 is 1.14 bits per heavy atom. The number of sulfonamides is 1. The molecular weight excluding hydrogens is 288 g/mol. The zero-order chi connectivity index (χ0) is 15.0. The fourth-order valence-electron chi connectivity index (χ4n) is 2.93. The van der Waals surface area contributed by atoms with Crippen LogP contribution in [0, 0.1) is 0 Å². The zero-order valence-electron chi connectivity index (χ0n) is 12.1. The van der Waals surface area contributed by atoms with Crippen molar-refractivity contribution in [3.8, 4) is 5.75 Å². The first-order valence-electron chi connectivity index (χ1n) is 6.77. The number of rotatable bonds is 3. The first kappa shape index (κ1) is 14.2. The van der Waals surface area contributed by atoms with Gasteiger partial charge >= 0.3 is 0 Å². The molecule has 1 atom stereocenters. The van der Waals surface area contributed by atoms with Gasteiger partial charge in [0.15, 0.2) is 0 Å². The minimum atomic E-state index is -3.30. The number of ether oxygens (including phenoxy) is 1. The van der Waals surface area contributed by atoms with Crippen LogP contribution in [0.4, 0.5) is 0 Å².